The van der Waals surface area contributed by atoms with E-state index in [-0.39, 0.29) is 6.61 Å². The van der Waals surface area contributed by atoms with Crippen molar-refractivity contribution < 1.29 is 17.2 Å². The Balaban J connectivity index is 0. The van der Waals surface area contributed by atoms with Crippen molar-refractivity contribution in [2.45, 2.75) is 17.5 Å². The topological polar surface area (TPSA) is 63.6 Å². The van der Waals surface area contributed by atoms with Gasteiger partial charge in [-0.25, -0.2) is 4.18 Å². The molecule has 0 atom stereocenters. The molecule has 0 aliphatic heterocycles. The minimum atomic E-state index is -4.19. The monoisotopic (exact) mass is 178 g/mol. The third kappa shape index (κ3) is 15.9. The van der Waals surface area contributed by atoms with Crippen LogP contribution in [0.25, 0.3) is 0 Å². The first-order valence-electron chi connectivity index (χ1n) is 3.18. The van der Waals surface area contributed by atoms with Crippen molar-refractivity contribution >= 4 is 38.3 Å². The fourth-order valence-corrected chi connectivity index (χ4v) is 0.566. The molecular formula is C4H11NaO4S. The van der Waals surface area contributed by atoms with Crippen LogP contribution in [-0.2, 0) is 14.6 Å². The number of hydrogen-bond acceptors (Lipinski definition) is 3. The van der Waals surface area contributed by atoms with Gasteiger partial charge in [0.05, 0.1) is 6.61 Å². The van der Waals surface area contributed by atoms with Crippen LogP contribution in [0.1, 0.15) is 13.3 Å². The van der Waals surface area contributed by atoms with Crippen LogP contribution in [0.2, 0.25) is 4.17 Å². The summed E-state index contributed by atoms with van der Waals surface area (Å²) >= 11 is 1.31. The summed E-state index contributed by atoms with van der Waals surface area (Å²) < 4.78 is 33.4. The van der Waals surface area contributed by atoms with Crippen molar-refractivity contribution in [2.24, 2.45) is 0 Å². The average Bonchev–Trinajstić information content (AvgIpc) is 1.87. The molecule has 10 heavy (non-hydrogen) atoms. The Labute approximate surface area is 79.3 Å². The van der Waals surface area contributed by atoms with E-state index in [4.69, 9.17) is 4.55 Å². The van der Waals surface area contributed by atoms with Crippen LogP contribution >= 0.6 is 0 Å². The summed E-state index contributed by atoms with van der Waals surface area (Å²) in [6, 6.07) is 0. The average molecular weight is 178 g/mol. The Morgan fingerprint density at radius 3 is 2.00 bits per heavy atom. The van der Waals surface area contributed by atoms with Crippen LogP contribution < -0.4 is 0 Å². The number of hydrogen-bond donors (Lipinski definition) is 1. The van der Waals surface area contributed by atoms with Crippen LogP contribution in [-0.4, -0.2) is 47.5 Å². The van der Waals surface area contributed by atoms with E-state index >= 15 is 0 Å². The van der Waals surface area contributed by atoms with Gasteiger partial charge in [0.15, 0.2) is 0 Å². The van der Waals surface area contributed by atoms with Gasteiger partial charge >= 0.3 is 42.5 Å². The molecule has 1 N–H and O–H groups in total. The molecule has 0 unspecified atom stereocenters. The molecule has 4 nitrogen and oxygen atoms in total. The van der Waals surface area contributed by atoms with Crippen LogP contribution in [0.15, 0.2) is 0 Å². The molecule has 0 aliphatic carbocycles. The zero-order valence-corrected chi connectivity index (χ0v) is 9.31. The van der Waals surface area contributed by atoms with Crippen molar-refractivity contribution in [2.75, 3.05) is 6.61 Å². The molecule has 58 valence electrons. The van der Waals surface area contributed by atoms with E-state index in [0.29, 0.717) is 6.42 Å². The van der Waals surface area contributed by atoms with Crippen LogP contribution in [0.4, 0.5) is 0 Å². The van der Waals surface area contributed by atoms with Crippen molar-refractivity contribution in [3.63, 3.8) is 0 Å². The summed E-state index contributed by atoms with van der Waals surface area (Å²) in [5.41, 5.74) is 0. The second-order valence-corrected chi connectivity index (χ2v) is 2.34. The molecule has 0 amide bonds. The molecule has 0 aliphatic rings. The summed E-state index contributed by atoms with van der Waals surface area (Å²) in [6.07, 6.45) is 0.569. The summed E-state index contributed by atoms with van der Waals surface area (Å²) in [5.74, 6) is 0. The number of rotatable bonds is 3. The summed E-state index contributed by atoms with van der Waals surface area (Å²) in [5, 5.41) is 0. The van der Waals surface area contributed by atoms with E-state index < -0.39 is 10.4 Å². The van der Waals surface area contributed by atoms with Crippen molar-refractivity contribution in [3.05, 3.63) is 0 Å². The van der Waals surface area contributed by atoms with E-state index in [1.165, 1.54) is 27.9 Å². The molecule has 0 saturated heterocycles. The van der Waals surface area contributed by atoms with Gasteiger partial charge in [-0.2, -0.15) is 8.42 Å². The van der Waals surface area contributed by atoms with Gasteiger partial charge in [-0.15, -0.1) is 0 Å². The van der Waals surface area contributed by atoms with Gasteiger partial charge in [-0.3, -0.25) is 4.55 Å². The van der Waals surface area contributed by atoms with E-state index in [1.807, 2.05) is 0 Å². The molecule has 0 radical (unpaired) electrons. The molecule has 0 saturated carbocycles. The molecule has 0 spiro atoms. The summed E-state index contributed by atoms with van der Waals surface area (Å²) in [6.45, 7) is 1.78. The second-order valence-electron chi connectivity index (χ2n) is 1.25. The minimum absolute atomic E-state index is 0.0405. The second kappa shape index (κ2) is 7.97. The molecule has 0 aromatic rings. The Morgan fingerprint density at radius 2 is 1.90 bits per heavy atom. The van der Waals surface area contributed by atoms with Gasteiger partial charge in [-0.1, -0.05) is 6.92 Å². The van der Waals surface area contributed by atoms with Gasteiger partial charge < -0.3 is 0 Å². The Kier molecular flexibility index (Phi) is 10.7. The SMILES string of the molecule is CCCOS(=O)(=O)O.[CH3][Na]. The zero-order valence-electron chi connectivity index (χ0n) is 6.49. The first-order valence-corrected chi connectivity index (χ1v) is 6.54. The predicted molar refractivity (Wildman–Crippen MR) is 39.4 cm³/mol. The quantitative estimate of drug-likeness (QED) is 0.502. The summed E-state index contributed by atoms with van der Waals surface area (Å²) in [7, 11) is -4.19. The van der Waals surface area contributed by atoms with Crippen molar-refractivity contribution in [3.8, 4) is 0 Å². The van der Waals surface area contributed by atoms with Crippen LogP contribution in [0.3, 0.4) is 0 Å². The molecule has 0 fully saturated rings. The van der Waals surface area contributed by atoms with Gasteiger partial charge in [0.1, 0.15) is 0 Å². The van der Waals surface area contributed by atoms with Crippen LogP contribution in [0, 0.1) is 0 Å². The zero-order chi connectivity index (χ0) is 8.62. The third-order valence-corrected chi connectivity index (χ3v) is 0.901. The molecule has 0 aromatic carbocycles. The van der Waals surface area contributed by atoms with E-state index in [9.17, 15) is 8.42 Å². The molecule has 0 bridgehead atoms. The predicted octanol–water partition coefficient (Wildman–Crippen LogP) is 0.419. The fourth-order valence-electron chi connectivity index (χ4n) is 0.189. The Morgan fingerprint density at radius 1 is 1.50 bits per heavy atom. The normalized spacial score (nSPS) is 10.1. The summed E-state index contributed by atoms with van der Waals surface area (Å²) in [4.78, 5) is 0. The van der Waals surface area contributed by atoms with Crippen molar-refractivity contribution in [1.29, 1.82) is 0 Å². The van der Waals surface area contributed by atoms with E-state index in [1.54, 1.807) is 6.92 Å². The Hall–Kier alpha value is 0.870. The molecular weight excluding hydrogens is 167 g/mol. The Bertz CT molecular complexity index is 141. The fraction of sp³-hybridized carbons (Fsp3) is 1.00. The first-order chi connectivity index (χ1) is 4.56. The van der Waals surface area contributed by atoms with E-state index in [0.717, 1.165) is 0 Å². The van der Waals surface area contributed by atoms with Crippen molar-refractivity contribution in [1.82, 2.24) is 0 Å². The van der Waals surface area contributed by atoms with Crippen LogP contribution in [0.5, 0.6) is 0 Å². The van der Waals surface area contributed by atoms with Gasteiger partial charge in [-0.05, 0) is 6.42 Å². The van der Waals surface area contributed by atoms with E-state index in [2.05, 4.69) is 8.36 Å². The van der Waals surface area contributed by atoms with Gasteiger partial charge in [0.25, 0.3) is 0 Å². The first kappa shape index (κ1) is 13.5. The molecule has 6 heteroatoms. The standard InChI is InChI=1S/C3H8O4S.CH3.Na/c1-2-3-7-8(4,5)6;;/h2-3H2,1H3,(H,4,5,6);1H3;. The maximum absolute atomic E-state index is 9.72. The van der Waals surface area contributed by atoms with Gasteiger partial charge in [0.2, 0.25) is 0 Å². The molecule has 0 rings (SSSR count). The molecule has 0 heterocycles. The molecule has 0 aromatic heterocycles. The third-order valence-electron chi connectivity index (χ3n) is 0.436. The maximum atomic E-state index is 9.72. The van der Waals surface area contributed by atoms with Gasteiger partial charge in [0, 0.05) is 0 Å².